The first-order valence-corrected chi connectivity index (χ1v) is 7.51. The highest BCUT2D eigenvalue weighted by atomic mass is 16.2. The zero-order chi connectivity index (χ0) is 14.8. The largest absolute Gasteiger partial charge is 0.368 e. The molecule has 110 valence electrons. The lowest BCUT2D eigenvalue weighted by molar-refractivity contribution is -0.139. The number of carbonyl (C=O) groups excluding carboxylic acids is 2. The lowest BCUT2D eigenvalue weighted by atomic mass is 9.91. The van der Waals surface area contributed by atoms with Crippen LogP contribution in [0.3, 0.4) is 0 Å². The van der Waals surface area contributed by atoms with Crippen LogP contribution >= 0.6 is 0 Å². The van der Waals surface area contributed by atoms with Crippen molar-refractivity contribution in [2.24, 2.45) is 5.73 Å². The summed E-state index contributed by atoms with van der Waals surface area (Å²) in [5, 5.41) is 0. The summed E-state index contributed by atoms with van der Waals surface area (Å²) in [6.45, 7) is 0.566. The van der Waals surface area contributed by atoms with Gasteiger partial charge in [-0.05, 0) is 36.8 Å². The fraction of sp³-hybridized carbons (Fsp3) is 0.412. The zero-order valence-electron chi connectivity index (χ0n) is 12.0. The summed E-state index contributed by atoms with van der Waals surface area (Å²) in [5.74, 6) is -0.433. The molecule has 0 saturated heterocycles. The third-order valence-corrected chi connectivity index (χ3v) is 4.39. The van der Waals surface area contributed by atoms with Gasteiger partial charge in [0.1, 0.15) is 6.04 Å². The summed E-state index contributed by atoms with van der Waals surface area (Å²) in [6.07, 6.45) is 6.54. The minimum atomic E-state index is -0.621. The molecule has 3 rings (SSSR count). The molecule has 1 aliphatic carbocycles. The molecular formula is C17H20N2O2. The Hall–Kier alpha value is -2.10. The van der Waals surface area contributed by atoms with E-state index in [2.05, 4.69) is 6.08 Å². The number of allylic oxidation sites excluding steroid dienone is 1. The van der Waals surface area contributed by atoms with Crippen LogP contribution in [0.1, 0.15) is 42.9 Å². The molecule has 4 nitrogen and oxygen atoms in total. The monoisotopic (exact) mass is 284 g/mol. The molecule has 0 radical (unpaired) electrons. The van der Waals surface area contributed by atoms with Gasteiger partial charge in [-0.15, -0.1) is 0 Å². The number of nitrogens with two attached hydrogens (primary N) is 1. The normalized spacial score (nSPS) is 20.9. The van der Waals surface area contributed by atoms with Crippen molar-refractivity contribution >= 4 is 11.8 Å². The molecule has 1 aromatic rings. The first-order valence-electron chi connectivity index (χ1n) is 7.51. The Labute approximate surface area is 124 Å². The minimum Gasteiger partial charge on any atom is -0.368 e. The van der Waals surface area contributed by atoms with Crippen LogP contribution in [0.25, 0.3) is 0 Å². The van der Waals surface area contributed by atoms with Gasteiger partial charge in [0, 0.05) is 13.0 Å². The second kappa shape index (κ2) is 5.72. The van der Waals surface area contributed by atoms with E-state index in [1.807, 2.05) is 24.3 Å². The van der Waals surface area contributed by atoms with Crippen LogP contribution in [0.5, 0.6) is 0 Å². The maximum absolute atomic E-state index is 12.6. The molecule has 2 N–H and O–H groups in total. The highest BCUT2D eigenvalue weighted by molar-refractivity contribution is 5.89. The van der Waals surface area contributed by atoms with Gasteiger partial charge in [-0.25, -0.2) is 0 Å². The van der Waals surface area contributed by atoms with Crippen molar-refractivity contribution < 1.29 is 9.59 Å². The SMILES string of the molecule is NC(=O)C1c2ccccc2CCN1C(=O)CC1=CCCC1. The molecular weight excluding hydrogens is 264 g/mol. The number of amides is 2. The second-order valence-corrected chi connectivity index (χ2v) is 5.77. The van der Waals surface area contributed by atoms with E-state index in [0.717, 1.165) is 36.8 Å². The molecule has 2 amide bonds. The molecule has 0 bridgehead atoms. The Balaban J connectivity index is 1.85. The lowest BCUT2D eigenvalue weighted by Crippen LogP contribution is -2.45. The highest BCUT2D eigenvalue weighted by Crippen LogP contribution is 2.31. The second-order valence-electron chi connectivity index (χ2n) is 5.77. The van der Waals surface area contributed by atoms with Crippen LogP contribution < -0.4 is 5.73 Å². The van der Waals surface area contributed by atoms with Crippen LogP contribution in [0, 0.1) is 0 Å². The van der Waals surface area contributed by atoms with Gasteiger partial charge in [0.05, 0.1) is 0 Å². The van der Waals surface area contributed by atoms with Crippen molar-refractivity contribution in [1.29, 1.82) is 0 Å². The van der Waals surface area contributed by atoms with E-state index in [1.54, 1.807) is 4.90 Å². The number of hydrogen-bond donors (Lipinski definition) is 1. The van der Waals surface area contributed by atoms with E-state index in [1.165, 1.54) is 5.57 Å². The summed E-state index contributed by atoms with van der Waals surface area (Å²) < 4.78 is 0. The zero-order valence-corrected chi connectivity index (χ0v) is 12.0. The Morgan fingerprint density at radius 1 is 1.24 bits per heavy atom. The minimum absolute atomic E-state index is 0.0152. The summed E-state index contributed by atoms with van der Waals surface area (Å²) in [7, 11) is 0. The first kappa shape index (κ1) is 13.9. The van der Waals surface area contributed by atoms with Gasteiger partial charge < -0.3 is 10.6 Å². The standard InChI is InChI=1S/C17H20N2O2/c18-17(21)16-14-8-4-3-7-13(14)9-10-19(16)15(20)11-12-5-1-2-6-12/h3-5,7-8,16H,1-2,6,9-11H2,(H2,18,21). The molecule has 1 aliphatic heterocycles. The molecule has 0 saturated carbocycles. The molecule has 1 heterocycles. The summed E-state index contributed by atoms with van der Waals surface area (Å²) >= 11 is 0. The highest BCUT2D eigenvalue weighted by Gasteiger charge is 2.34. The Bertz CT molecular complexity index is 607. The van der Waals surface area contributed by atoms with Crippen molar-refractivity contribution in [3.05, 3.63) is 47.0 Å². The molecule has 0 spiro atoms. The van der Waals surface area contributed by atoms with E-state index in [0.29, 0.717) is 13.0 Å². The van der Waals surface area contributed by atoms with Gasteiger partial charge in [0.15, 0.2) is 0 Å². The summed E-state index contributed by atoms with van der Waals surface area (Å²) in [5.41, 5.74) is 8.76. The molecule has 0 aromatic heterocycles. The maximum atomic E-state index is 12.6. The van der Waals surface area contributed by atoms with Crippen molar-refractivity contribution in [2.75, 3.05) is 6.54 Å². The van der Waals surface area contributed by atoms with Crippen molar-refractivity contribution in [2.45, 2.75) is 38.1 Å². The topological polar surface area (TPSA) is 63.4 Å². The molecule has 2 aliphatic rings. The smallest absolute Gasteiger partial charge is 0.244 e. The molecule has 1 unspecified atom stereocenters. The van der Waals surface area contributed by atoms with Crippen molar-refractivity contribution in [3.63, 3.8) is 0 Å². The number of carbonyl (C=O) groups is 2. The van der Waals surface area contributed by atoms with E-state index >= 15 is 0 Å². The molecule has 21 heavy (non-hydrogen) atoms. The number of fused-ring (bicyclic) bond motifs is 1. The van der Waals surface area contributed by atoms with Gasteiger partial charge in [0.2, 0.25) is 11.8 Å². The lowest BCUT2D eigenvalue weighted by Gasteiger charge is -2.35. The average molecular weight is 284 g/mol. The quantitative estimate of drug-likeness (QED) is 0.864. The third-order valence-electron chi connectivity index (χ3n) is 4.39. The Morgan fingerprint density at radius 3 is 2.76 bits per heavy atom. The predicted octanol–water partition coefficient (Wildman–Crippen LogP) is 2.10. The number of nitrogens with zero attached hydrogens (tertiary/aromatic N) is 1. The first-order chi connectivity index (χ1) is 10.2. The van der Waals surface area contributed by atoms with Gasteiger partial charge >= 0.3 is 0 Å². The molecule has 0 fully saturated rings. The Morgan fingerprint density at radius 2 is 2.05 bits per heavy atom. The van der Waals surface area contributed by atoms with E-state index in [-0.39, 0.29) is 5.91 Å². The van der Waals surface area contributed by atoms with E-state index in [4.69, 9.17) is 5.73 Å². The van der Waals surface area contributed by atoms with Crippen LogP contribution in [-0.2, 0) is 16.0 Å². The van der Waals surface area contributed by atoms with Crippen molar-refractivity contribution in [1.82, 2.24) is 4.90 Å². The molecule has 4 heteroatoms. The number of primary amides is 1. The van der Waals surface area contributed by atoms with Gasteiger partial charge in [0.25, 0.3) is 0 Å². The number of hydrogen-bond acceptors (Lipinski definition) is 2. The number of rotatable bonds is 3. The predicted molar refractivity (Wildman–Crippen MR) is 80.3 cm³/mol. The average Bonchev–Trinajstić information content (AvgIpc) is 2.98. The van der Waals surface area contributed by atoms with E-state index in [9.17, 15) is 9.59 Å². The Kier molecular flexibility index (Phi) is 3.78. The molecule has 1 atom stereocenters. The molecule has 1 aromatic carbocycles. The summed E-state index contributed by atoms with van der Waals surface area (Å²) in [4.78, 5) is 26.1. The van der Waals surface area contributed by atoms with Crippen LogP contribution in [0.2, 0.25) is 0 Å². The van der Waals surface area contributed by atoms with Crippen LogP contribution in [-0.4, -0.2) is 23.3 Å². The maximum Gasteiger partial charge on any atom is 0.244 e. The van der Waals surface area contributed by atoms with Crippen molar-refractivity contribution in [3.8, 4) is 0 Å². The number of benzene rings is 1. The van der Waals surface area contributed by atoms with E-state index < -0.39 is 11.9 Å². The van der Waals surface area contributed by atoms with Crippen LogP contribution in [0.15, 0.2) is 35.9 Å². The van der Waals surface area contributed by atoms with Gasteiger partial charge in [-0.3, -0.25) is 9.59 Å². The third kappa shape index (κ3) is 2.71. The summed E-state index contributed by atoms with van der Waals surface area (Å²) in [6, 6.07) is 7.13. The van der Waals surface area contributed by atoms with Gasteiger partial charge in [-0.1, -0.05) is 35.9 Å². The van der Waals surface area contributed by atoms with Crippen LogP contribution in [0.4, 0.5) is 0 Å². The fourth-order valence-electron chi connectivity index (χ4n) is 3.34. The van der Waals surface area contributed by atoms with Gasteiger partial charge in [-0.2, -0.15) is 0 Å². The fourth-order valence-corrected chi connectivity index (χ4v) is 3.34.